The molecule has 2 heterocycles. The topological polar surface area (TPSA) is 84.0 Å². The summed E-state index contributed by atoms with van der Waals surface area (Å²) in [6.45, 7) is 1.66. The van der Waals surface area contributed by atoms with E-state index in [2.05, 4.69) is 70.3 Å². The van der Waals surface area contributed by atoms with Crippen LogP contribution in [0.2, 0.25) is 0 Å². The lowest BCUT2D eigenvalue weighted by atomic mass is 9.97. The van der Waals surface area contributed by atoms with E-state index in [1.807, 2.05) is 66.7 Å². The van der Waals surface area contributed by atoms with Crippen LogP contribution >= 0.6 is 15.9 Å². The van der Waals surface area contributed by atoms with Gasteiger partial charge in [0.25, 0.3) is 5.91 Å². The van der Waals surface area contributed by atoms with Crippen molar-refractivity contribution in [2.45, 2.75) is 32.2 Å². The number of nitrogens with one attached hydrogen (secondary N) is 1. The fraction of sp³-hybridized carbons (Fsp3) is 0.175. The highest BCUT2D eigenvalue weighted by Crippen LogP contribution is 2.35. The van der Waals surface area contributed by atoms with Crippen LogP contribution in [-0.2, 0) is 20.7 Å². The van der Waals surface area contributed by atoms with Crippen molar-refractivity contribution >= 4 is 55.2 Å². The van der Waals surface area contributed by atoms with Gasteiger partial charge in [-0.2, -0.15) is 5.10 Å². The molecule has 1 atom stereocenters. The third-order valence-corrected chi connectivity index (χ3v) is 9.41. The molecule has 48 heavy (non-hydrogen) atoms. The van der Waals surface area contributed by atoms with Crippen LogP contribution in [0.4, 0.5) is 0 Å². The maximum atomic E-state index is 13.7. The van der Waals surface area contributed by atoms with Crippen LogP contribution in [0.5, 0.6) is 5.75 Å². The second kappa shape index (κ2) is 13.5. The highest BCUT2D eigenvalue weighted by molar-refractivity contribution is 9.10. The second-order valence-electron chi connectivity index (χ2n) is 12.0. The number of H-pyrrole nitrogens is 1. The van der Waals surface area contributed by atoms with Crippen LogP contribution < -0.4 is 4.74 Å². The summed E-state index contributed by atoms with van der Waals surface area (Å²) >= 11 is 3.51. The van der Waals surface area contributed by atoms with E-state index in [1.165, 1.54) is 5.01 Å². The van der Waals surface area contributed by atoms with Crippen molar-refractivity contribution in [3.8, 4) is 17.0 Å². The zero-order chi connectivity index (χ0) is 33.2. The van der Waals surface area contributed by atoms with Gasteiger partial charge in [-0.3, -0.25) is 9.59 Å². The summed E-state index contributed by atoms with van der Waals surface area (Å²) in [7, 11) is 1.62. The van der Waals surface area contributed by atoms with Crippen molar-refractivity contribution in [2.75, 3.05) is 13.7 Å². The maximum absolute atomic E-state index is 13.7. The van der Waals surface area contributed by atoms with E-state index < -0.39 is 12.6 Å². The first kappa shape index (κ1) is 31.4. The zero-order valence-corrected chi connectivity index (χ0v) is 28.3. The summed E-state index contributed by atoms with van der Waals surface area (Å²) in [6.07, 6.45) is 1.12. The number of esters is 1. The van der Waals surface area contributed by atoms with Gasteiger partial charge in [0.15, 0.2) is 6.61 Å². The Morgan fingerprint density at radius 2 is 1.65 bits per heavy atom. The van der Waals surface area contributed by atoms with Crippen LogP contribution in [0.3, 0.4) is 0 Å². The van der Waals surface area contributed by atoms with Gasteiger partial charge in [0, 0.05) is 33.9 Å². The van der Waals surface area contributed by atoms with E-state index in [4.69, 9.17) is 14.6 Å². The number of methoxy groups -OCH3 is 1. The highest BCUT2D eigenvalue weighted by Gasteiger charge is 2.33. The molecule has 1 aromatic heterocycles. The van der Waals surface area contributed by atoms with Crippen LogP contribution in [0.1, 0.15) is 41.1 Å². The van der Waals surface area contributed by atoms with Crippen LogP contribution in [0, 0.1) is 6.92 Å². The molecular formula is C40H34BrN3O4. The Hall–Kier alpha value is -5.21. The minimum absolute atomic E-state index is 0.130. The number of nitrogens with zero attached hydrogens (tertiary/aromatic N) is 2. The summed E-state index contributed by atoms with van der Waals surface area (Å²) < 4.78 is 11.9. The largest absolute Gasteiger partial charge is 0.497 e. The Morgan fingerprint density at radius 1 is 0.896 bits per heavy atom. The SMILES string of the molecule is COc1ccc(C2CC(c3ccc4ccccc4c3)=NN2C(=O)COC(=O)CCc2c(-c3ccc(Br)cc3)[nH]c3ccc(C)cc23)cc1. The number of halogens is 1. The average molecular weight is 701 g/mol. The van der Waals surface area contributed by atoms with E-state index >= 15 is 0 Å². The lowest BCUT2D eigenvalue weighted by Gasteiger charge is -2.22. The smallest absolute Gasteiger partial charge is 0.306 e. The number of hydrogen-bond acceptors (Lipinski definition) is 5. The van der Waals surface area contributed by atoms with Gasteiger partial charge in [0.2, 0.25) is 0 Å². The fourth-order valence-corrected chi connectivity index (χ4v) is 6.63. The zero-order valence-electron chi connectivity index (χ0n) is 26.7. The number of amides is 1. The summed E-state index contributed by atoms with van der Waals surface area (Å²) in [5.74, 6) is -0.0860. The van der Waals surface area contributed by atoms with Crippen LogP contribution in [-0.4, -0.2) is 41.3 Å². The van der Waals surface area contributed by atoms with Gasteiger partial charge in [-0.1, -0.05) is 88.2 Å². The summed E-state index contributed by atoms with van der Waals surface area (Å²) in [6, 6.07) is 36.0. The van der Waals surface area contributed by atoms with Crippen molar-refractivity contribution in [1.29, 1.82) is 0 Å². The highest BCUT2D eigenvalue weighted by atomic mass is 79.9. The Kier molecular flexibility index (Phi) is 8.82. The van der Waals surface area contributed by atoms with Crippen molar-refractivity contribution in [1.82, 2.24) is 9.99 Å². The molecule has 0 saturated carbocycles. The number of ether oxygens (including phenoxy) is 2. The van der Waals surface area contributed by atoms with Crippen molar-refractivity contribution in [3.05, 3.63) is 136 Å². The summed E-state index contributed by atoms with van der Waals surface area (Å²) in [5.41, 5.74) is 7.88. The average Bonchev–Trinajstić information content (AvgIpc) is 3.72. The number of hydrogen-bond donors (Lipinski definition) is 1. The molecular weight excluding hydrogens is 666 g/mol. The molecule has 0 spiro atoms. The molecule has 1 aliphatic heterocycles. The van der Waals surface area contributed by atoms with Gasteiger partial charge in [-0.05, 0) is 88.8 Å². The minimum atomic E-state index is -0.439. The summed E-state index contributed by atoms with van der Waals surface area (Å²) in [4.78, 5) is 30.3. The number of carbonyl (C=O) groups excluding carboxylic acids is 2. The number of fused-ring (bicyclic) bond motifs is 2. The van der Waals surface area contributed by atoms with Crippen molar-refractivity contribution < 1.29 is 19.1 Å². The number of aromatic amines is 1. The van der Waals surface area contributed by atoms with Crippen molar-refractivity contribution in [2.24, 2.45) is 5.10 Å². The minimum Gasteiger partial charge on any atom is -0.497 e. The molecule has 0 fully saturated rings. The predicted molar refractivity (Wildman–Crippen MR) is 193 cm³/mol. The van der Waals surface area contributed by atoms with Crippen LogP contribution in [0.15, 0.2) is 119 Å². The molecule has 0 radical (unpaired) electrons. The Labute approximate surface area is 287 Å². The number of aromatic nitrogens is 1. The monoisotopic (exact) mass is 699 g/mol. The molecule has 7 nitrogen and oxygen atoms in total. The first-order chi connectivity index (χ1) is 23.4. The quantitative estimate of drug-likeness (QED) is 0.153. The first-order valence-electron chi connectivity index (χ1n) is 15.9. The first-order valence-corrected chi connectivity index (χ1v) is 16.7. The third-order valence-electron chi connectivity index (χ3n) is 8.88. The van der Waals surface area contributed by atoms with Gasteiger partial charge in [0.1, 0.15) is 5.75 Å². The Bertz CT molecular complexity index is 2170. The number of carbonyl (C=O) groups is 2. The van der Waals surface area contributed by atoms with Gasteiger partial charge in [-0.15, -0.1) is 0 Å². The fourth-order valence-electron chi connectivity index (χ4n) is 6.36. The molecule has 8 heteroatoms. The predicted octanol–water partition coefficient (Wildman–Crippen LogP) is 8.92. The molecule has 6 aromatic rings. The number of rotatable bonds is 9. The lowest BCUT2D eigenvalue weighted by molar-refractivity contribution is -0.152. The standard InChI is InChI=1S/C40H34BrN3O4/c1-25-7-19-35-34(21-25)33(40(42-35)28-10-14-31(41)15-11-28)18-20-39(46)48-24-38(45)44-37(27-12-16-32(47-2)17-13-27)23-36(43-44)30-9-8-26-5-3-4-6-29(26)22-30/h3-17,19,21-22,37,42H,18,20,23-24H2,1-2H3. The van der Waals surface area contributed by atoms with Gasteiger partial charge in [0.05, 0.1) is 18.9 Å². The molecule has 1 N–H and O–H groups in total. The molecule has 0 saturated heterocycles. The van der Waals surface area contributed by atoms with E-state index in [-0.39, 0.29) is 18.4 Å². The molecule has 7 rings (SSSR count). The molecule has 1 unspecified atom stereocenters. The molecule has 1 aliphatic rings. The normalized spacial score (nSPS) is 14.4. The second-order valence-corrected chi connectivity index (χ2v) is 13.0. The van der Waals surface area contributed by atoms with Gasteiger partial charge in [-0.25, -0.2) is 5.01 Å². The number of hydrazone groups is 1. The van der Waals surface area contributed by atoms with E-state index in [1.54, 1.807) is 7.11 Å². The molecule has 5 aromatic carbocycles. The number of benzene rings is 5. The van der Waals surface area contributed by atoms with Gasteiger partial charge >= 0.3 is 5.97 Å². The Morgan fingerprint density at radius 3 is 2.42 bits per heavy atom. The Balaban J connectivity index is 1.09. The molecule has 1 amide bonds. The van der Waals surface area contributed by atoms with Gasteiger partial charge < -0.3 is 14.5 Å². The summed E-state index contributed by atoms with van der Waals surface area (Å²) in [5, 5.41) is 9.58. The van der Waals surface area contributed by atoms with E-state index in [9.17, 15) is 9.59 Å². The maximum Gasteiger partial charge on any atom is 0.306 e. The number of aryl methyl sites for hydroxylation is 2. The van der Waals surface area contributed by atoms with Crippen LogP contribution in [0.25, 0.3) is 32.9 Å². The van der Waals surface area contributed by atoms with E-state index in [0.717, 1.165) is 71.1 Å². The third kappa shape index (κ3) is 6.49. The lowest BCUT2D eigenvalue weighted by Crippen LogP contribution is -2.31. The molecule has 240 valence electrons. The molecule has 0 aliphatic carbocycles. The van der Waals surface area contributed by atoms with Crippen molar-refractivity contribution in [3.63, 3.8) is 0 Å². The molecule has 0 bridgehead atoms. The van der Waals surface area contributed by atoms with E-state index in [0.29, 0.717) is 12.8 Å².